The van der Waals surface area contributed by atoms with Crippen molar-refractivity contribution in [2.24, 2.45) is 0 Å². The average molecular weight is 495 g/mol. The number of fused-ring (bicyclic) bond motifs is 3. The lowest BCUT2D eigenvalue weighted by Gasteiger charge is -2.09. The smallest absolute Gasteiger partial charge is 0.294 e. The largest absolute Gasteiger partial charge is 0.449 e. The van der Waals surface area contributed by atoms with Crippen LogP contribution in [0.15, 0.2) is 80.4 Å². The van der Waals surface area contributed by atoms with Crippen molar-refractivity contribution in [3.05, 3.63) is 92.1 Å². The van der Waals surface area contributed by atoms with E-state index in [-0.39, 0.29) is 17.3 Å². The Morgan fingerprint density at radius 2 is 1.87 bits per heavy atom. The van der Waals surface area contributed by atoms with Crippen LogP contribution in [0.2, 0.25) is 5.02 Å². The number of H-pyrrole nitrogens is 1. The van der Waals surface area contributed by atoms with Crippen molar-refractivity contribution < 1.29 is 9.21 Å². The van der Waals surface area contributed by atoms with E-state index >= 15 is 0 Å². The minimum atomic E-state index is -0.415. The third-order valence-electron chi connectivity index (χ3n) is 4.80. The number of anilines is 1. The Morgan fingerprint density at radius 3 is 2.68 bits per heavy atom. The molecule has 152 valence electrons. The highest BCUT2D eigenvalue weighted by Crippen LogP contribution is 2.32. The molecule has 0 fully saturated rings. The molecule has 0 unspecified atom stereocenters. The van der Waals surface area contributed by atoms with Gasteiger partial charge in [-0.05, 0) is 48.5 Å². The van der Waals surface area contributed by atoms with Crippen LogP contribution in [-0.2, 0) is 0 Å². The van der Waals surface area contributed by atoms with Gasteiger partial charge in [0.15, 0.2) is 0 Å². The SMILES string of the molecule is O=C(Nc1ccc(Cl)c(-c2nc3c(oc4ccc(Br)cc43)c(=O)[nH]2)c1)c1ccccc1. The summed E-state index contributed by atoms with van der Waals surface area (Å²) in [6.45, 7) is 0. The van der Waals surface area contributed by atoms with Crippen LogP contribution in [0.25, 0.3) is 33.5 Å². The highest BCUT2D eigenvalue weighted by Gasteiger charge is 2.16. The summed E-state index contributed by atoms with van der Waals surface area (Å²) in [5, 5.41) is 3.93. The molecule has 0 aliphatic rings. The van der Waals surface area contributed by atoms with Gasteiger partial charge in [0.25, 0.3) is 11.5 Å². The second kappa shape index (κ2) is 7.68. The molecule has 8 heteroatoms. The molecule has 0 aliphatic heterocycles. The third kappa shape index (κ3) is 3.62. The van der Waals surface area contributed by atoms with E-state index in [1.807, 2.05) is 18.2 Å². The van der Waals surface area contributed by atoms with Gasteiger partial charge in [-0.15, -0.1) is 0 Å². The number of nitrogens with zero attached hydrogens (tertiary/aromatic N) is 1. The molecule has 5 rings (SSSR count). The Kier molecular flexibility index (Phi) is 4.84. The van der Waals surface area contributed by atoms with Crippen molar-refractivity contribution in [3.63, 3.8) is 0 Å². The third-order valence-corrected chi connectivity index (χ3v) is 5.62. The maximum Gasteiger partial charge on any atom is 0.294 e. The van der Waals surface area contributed by atoms with Crippen LogP contribution in [0.3, 0.4) is 0 Å². The fraction of sp³-hybridized carbons (Fsp3) is 0. The van der Waals surface area contributed by atoms with Crippen LogP contribution < -0.4 is 10.9 Å². The summed E-state index contributed by atoms with van der Waals surface area (Å²) in [6, 6.07) is 19.3. The first-order valence-corrected chi connectivity index (χ1v) is 10.4. The van der Waals surface area contributed by atoms with E-state index in [4.69, 9.17) is 16.0 Å². The van der Waals surface area contributed by atoms with Crippen LogP contribution in [0, 0.1) is 0 Å². The van der Waals surface area contributed by atoms with Gasteiger partial charge in [-0.2, -0.15) is 0 Å². The lowest BCUT2D eigenvalue weighted by molar-refractivity contribution is 0.102. The number of hydrogen-bond donors (Lipinski definition) is 2. The van der Waals surface area contributed by atoms with Gasteiger partial charge in [0, 0.05) is 26.7 Å². The van der Waals surface area contributed by atoms with E-state index in [1.165, 1.54) is 0 Å². The van der Waals surface area contributed by atoms with Gasteiger partial charge in [-0.25, -0.2) is 4.98 Å². The summed E-state index contributed by atoms with van der Waals surface area (Å²) in [4.78, 5) is 32.5. The molecule has 1 amide bonds. The predicted octanol–water partition coefficient (Wildman–Crippen LogP) is 6.00. The number of carbonyl (C=O) groups excluding carboxylic acids is 1. The Bertz CT molecular complexity index is 1530. The summed E-state index contributed by atoms with van der Waals surface area (Å²) in [5.74, 6) is 0.0254. The zero-order valence-corrected chi connectivity index (χ0v) is 18.1. The van der Waals surface area contributed by atoms with Gasteiger partial charge in [0.05, 0.1) is 5.02 Å². The molecule has 0 radical (unpaired) electrons. The zero-order chi connectivity index (χ0) is 21.5. The van der Waals surface area contributed by atoms with E-state index in [0.717, 1.165) is 4.47 Å². The molecule has 0 bridgehead atoms. The summed E-state index contributed by atoms with van der Waals surface area (Å²) in [6.07, 6.45) is 0. The molecule has 3 aromatic carbocycles. The second-order valence-corrected chi connectivity index (χ2v) is 8.17. The number of hydrogen-bond acceptors (Lipinski definition) is 4. The molecule has 31 heavy (non-hydrogen) atoms. The monoisotopic (exact) mass is 493 g/mol. The molecule has 0 saturated heterocycles. The van der Waals surface area contributed by atoms with Gasteiger partial charge in [0.2, 0.25) is 5.58 Å². The zero-order valence-electron chi connectivity index (χ0n) is 15.8. The molecule has 2 heterocycles. The molecule has 0 aliphatic carbocycles. The average Bonchev–Trinajstić information content (AvgIpc) is 3.14. The highest BCUT2D eigenvalue weighted by molar-refractivity contribution is 9.10. The minimum absolute atomic E-state index is 0.140. The van der Waals surface area contributed by atoms with Gasteiger partial charge >= 0.3 is 0 Å². The number of aromatic nitrogens is 2. The Morgan fingerprint density at radius 1 is 1.06 bits per heavy atom. The normalized spacial score (nSPS) is 11.2. The minimum Gasteiger partial charge on any atom is -0.449 e. The summed E-state index contributed by atoms with van der Waals surface area (Å²) < 4.78 is 6.51. The standard InChI is InChI=1S/C23H13BrClN3O3/c24-13-6-9-18-16(10-13)19-20(31-18)23(30)28-21(27-19)15-11-14(7-8-17(15)25)26-22(29)12-4-2-1-3-5-12/h1-11H,(H,26,29)(H,27,28,30). The quantitative estimate of drug-likeness (QED) is 0.322. The van der Waals surface area contributed by atoms with Crippen molar-refractivity contribution >= 4 is 61.2 Å². The van der Waals surface area contributed by atoms with Crippen LogP contribution in [0.5, 0.6) is 0 Å². The first kappa shape index (κ1) is 19.5. The topological polar surface area (TPSA) is 88.0 Å². The number of nitrogens with one attached hydrogen (secondary N) is 2. The summed E-state index contributed by atoms with van der Waals surface area (Å²) >= 11 is 9.83. The Hall–Kier alpha value is -3.42. The number of amides is 1. The van der Waals surface area contributed by atoms with E-state index in [0.29, 0.717) is 38.3 Å². The first-order chi connectivity index (χ1) is 15.0. The second-order valence-electron chi connectivity index (χ2n) is 6.85. The van der Waals surface area contributed by atoms with Crippen molar-refractivity contribution in [1.82, 2.24) is 9.97 Å². The summed E-state index contributed by atoms with van der Waals surface area (Å²) in [7, 11) is 0. The Balaban J connectivity index is 1.60. The van der Waals surface area contributed by atoms with E-state index < -0.39 is 5.56 Å². The molecular formula is C23H13BrClN3O3. The number of furan rings is 1. The molecule has 2 N–H and O–H groups in total. The highest BCUT2D eigenvalue weighted by atomic mass is 79.9. The number of carbonyl (C=O) groups is 1. The Labute approximate surface area is 189 Å². The lowest BCUT2D eigenvalue weighted by Crippen LogP contribution is -2.12. The van der Waals surface area contributed by atoms with Gasteiger partial charge in [0.1, 0.15) is 16.9 Å². The van der Waals surface area contributed by atoms with Crippen LogP contribution in [0.1, 0.15) is 10.4 Å². The molecule has 2 aromatic heterocycles. The van der Waals surface area contributed by atoms with E-state index in [9.17, 15) is 9.59 Å². The van der Waals surface area contributed by atoms with Crippen molar-refractivity contribution in [1.29, 1.82) is 0 Å². The number of rotatable bonds is 3. The van der Waals surface area contributed by atoms with Gasteiger partial charge < -0.3 is 14.7 Å². The fourth-order valence-corrected chi connectivity index (χ4v) is 3.90. The van der Waals surface area contributed by atoms with E-state index in [1.54, 1.807) is 48.5 Å². The molecule has 5 aromatic rings. The molecule has 6 nitrogen and oxygen atoms in total. The number of benzene rings is 3. The lowest BCUT2D eigenvalue weighted by atomic mass is 10.1. The first-order valence-electron chi connectivity index (χ1n) is 9.28. The van der Waals surface area contributed by atoms with Gasteiger partial charge in [-0.1, -0.05) is 45.7 Å². The number of halogens is 2. The van der Waals surface area contributed by atoms with Gasteiger partial charge in [-0.3, -0.25) is 9.59 Å². The molecular weight excluding hydrogens is 482 g/mol. The van der Waals surface area contributed by atoms with Crippen molar-refractivity contribution in [2.75, 3.05) is 5.32 Å². The van der Waals surface area contributed by atoms with Crippen LogP contribution in [0.4, 0.5) is 5.69 Å². The molecule has 0 saturated carbocycles. The van der Waals surface area contributed by atoms with Crippen LogP contribution >= 0.6 is 27.5 Å². The fourth-order valence-electron chi connectivity index (χ4n) is 3.33. The van der Waals surface area contributed by atoms with E-state index in [2.05, 4.69) is 31.2 Å². The maximum atomic E-state index is 12.7. The predicted molar refractivity (Wildman–Crippen MR) is 125 cm³/mol. The summed E-state index contributed by atoms with van der Waals surface area (Å²) in [5.41, 5.74) is 2.26. The molecule has 0 atom stereocenters. The van der Waals surface area contributed by atoms with Crippen molar-refractivity contribution in [2.45, 2.75) is 0 Å². The number of aromatic amines is 1. The van der Waals surface area contributed by atoms with Crippen LogP contribution in [-0.4, -0.2) is 15.9 Å². The maximum absolute atomic E-state index is 12.7. The molecule has 0 spiro atoms. The van der Waals surface area contributed by atoms with Crippen molar-refractivity contribution in [3.8, 4) is 11.4 Å².